The molecule has 0 aliphatic carbocycles. The third kappa shape index (κ3) is 4.17. The Morgan fingerprint density at radius 3 is 2.61 bits per heavy atom. The Kier molecular flexibility index (Phi) is 7.10. The third-order valence-electron chi connectivity index (χ3n) is 3.38. The van der Waals surface area contributed by atoms with E-state index < -0.39 is 0 Å². The smallest absolute Gasteiger partial charge is 0.0426 e. The summed E-state index contributed by atoms with van der Waals surface area (Å²) in [6.45, 7) is 7.86. The Labute approximate surface area is 125 Å². The molecule has 18 heavy (non-hydrogen) atoms. The Hall–Kier alpha value is -0.210. The summed E-state index contributed by atoms with van der Waals surface area (Å²) in [6.07, 6.45) is 3.59. The van der Waals surface area contributed by atoms with E-state index in [0.717, 1.165) is 23.3 Å². The van der Waals surface area contributed by atoms with Gasteiger partial charge in [-0.05, 0) is 37.5 Å². The Morgan fingerprint density at radius 2 is 2.06 bits per heavy atom. The van der Waals surface area contributed by atoms with Gasteiger partial charge in [-0.15, -0.1) is 0 Å². The minimum atomic E-state index is 0.549. The number of anilines is 1. The van der Waals surface area contributed by atoms with Crippen LogP contribution in [-0.2, 0) is 5.33 Å². The molecular formula is C15H23BrClN. The zero-order valence-corrected chi connectivity index (χ0v) is 13.9. The molecule has 1 unspecified atom stereocenters. The van der Waals surface area contributed by atoms with Crippen molar-refractivity contribution in [3.8, 4) is 0 Å². The van der Waals surface area contributed by atoms with Gasteiger partial charge in [-0.3, -0.25) is 0 Å². The summed E-state index contributed by atoms with van der Waals surface area (Å²) < 4.78 is 0. The first kappa shape index (κ1) is 15.8. The molecule has 0 aromatic heterocycles. The van der Waals surface area contributed by atoms with Gasteiger partial charge in [-0.2, -0.15) is 0 Å². The molecule has 102 valence electrons. The van der Waals surface area contributed by atoms with Crippen LogP contribution in [0.25, 0.3) is 0 Å². The zero-order chi connectivity index (χ0) is 13.5. The van der Waals surface area contributed by atoms with Gasteiger partial charge in [0.1, 0.15) is 0 Å². The summed E-state index contributed by atoms with van der Waals surface area (Å²) >= 11 is 9.73. The summed E-state index contributed by atoms with van der Waals surface area (Å²) in [5, 5.41) is 1.69. The van der Waals surface area contributed by atoms with Gasteiger partial charge in [0.2, 0.25) is 0 Å². The van der Waals surface area contributed by atoms with Gasteiger partial charge in [0, 0.05) is 28.6 Å². The van der Waals surface area contributed by atoms with E-state index in [1.165, 1.54) is 24.1 Å². The second-order valence-electron chi connectivity index (χ2n) is 4.71. The molecule has 1 nitrogen and oxygen atoms in total. The molecule has 0 amide bonds. The van der Waals surface area contributed by atoms with Gasteiger partial charge in [-0.1, -0.05) is 53.9 Å². The van der Waals surface area contributed by atoms with E-state index in [9.17, 15) is 0 Å². The third-order valence-corrected chi connectivity index (χ3v) is 4.22. The number of hydrogen-bond donors (Lipinski definition) is 0. The second kappa shape index (κ2) is 8.06. The summed E-state index contributed by atoms with van der Waals surface area (Å²) in [6, 6.07) is 6.73. The van der Waals surface area contributed by atoms with Gasteiger partial charge in [0.15, 0.2) is 0 Å². The lowest BCUT2D eigenvalue weighted by molar-refractivity contribution is 0.594. The van der Waals surface area contributed by atoms with Crippen LogP contribution in [0.3, 0.4) is 0 Å². The maximum atomic E-state index is 6.16. The van der Waals surface area contributed by atoms with E-state index in [0.29, 0.717) is 6.04 Å². The second-order valence-corrected chi connectivity index (χ2v) is 5.71. The molecule has 0 aliphatic heterocycles. The molecule has 0 heterocycles. The predicted molar refractivity (Wildman–Crippen MR) is 86.1 cm³/mol. The first-order chi connectivity index (χ1) is 8.63. The fourth-order valence-corrected chi connectivity index (χ4v) is 2.68. The largest absolute Gasteiger partial charge is 0.369 e. The van der Waals surface area contributed by atoms with E-state index in [4.69, 9.17) is 11.6 Å². The Morgan fingerprint density at radius 1 is 1.33 bits per heavy atom. The van der Waals surface area contributed by atoms with Gasteiger partial charge in [0.25, 0.3) is 0 Å². The number of unbranched alkanes of at least 4 members (excludes halogenated alkanes) is 1. The number of benzene rings is 1. The van der Waals surface area contributed by atoms with Crippen molar-refractivity contribution < 1.29 is 0 Å². The first-order valence-corrected chi connectivity index (χ1v) is 8.25. The fraction of sp³-hybridized carbons (Fsp3) is 0.600. The van der Waals surface area contributed by atoms with E-state index in [-0.39, 0.29) is 0 Å². The van der Waals surface area contributed by atoms with Crippen LogP contribution >= 0.6 is 27.5 Å². The number of alkyl halides is 1. The standard InChI is InChI=1S/C15H23BrClN/c1-4-6-9-18(12(3)5-2)15-10-14(17)8-7-13(15)11-16/h7-8,10,12H,4-6,9,11H2,1-3H3. The molecular weight excluding hydrogens is 310 g/mol. The van der Waals surface area contributed by atoms with Crippen LogP contribution in [0.1, 0.15) is 45.6 Å². The van der Waals surface area contributed by atoms with Crippen molar-refractivity contribution in [3.05, 3.63) is 28.8 Å². The van der Waals surface area contributed by atoms with E-state index in [1.807, 2.05) is 6.07 Å². The van der Waals surface area contributed by atoms with Crippen molar-refractivity contribution in [3.63, 3.8) is 0 Å². The lowest BCUT2D eigenvalue weighted by Crippen LogP contribution is -2.34. The molecule has 0 fully saturated rings. The molecule has 0 N–H and O–H groups in total. The molecule has 0 saturated carbocycles. The average molecular weight is 333 g/mol. The minimum absolute atomic E-state index is 0.549. The van der Waals surface area contributed by atoms with Crippen molar-refractivity contribution in [2.75, 3.05) is 11.4 Å². The normalized spacial score (nSPS) is 12.5. The van der Waals surface area contributed by atoms with Gasteiger partial charge in [0.05, 0.1) is 0 Å². The lowest BCUT2D eigenvalue weighted by atomic mass is 10.1. The molecule has 0 bridgehead atoms. The monoisotopic (exact) mass is 331 g/mol. The highest BCUT2D eigenvalue weighted by Gasteiger charge is 2.15. The van der Waals surface area contributed by atoms with Gasteiger partial charge in [-0.25, -0.2) is 0 Å². The molecule has 0 aliphatic rings. The molecule has 1 atom stereocenters. The molecule has 0 radical (unpaired) electrons. The molecule has 1 aromatic carbocycles. The topological polar surface area (TPSA) is 3.24 Å². The van der Waals surface area contributed by atoms with Crippen molar-refractivity contribution in [1.29, 1.82) is 0 Å². The van der Waals surface area contributed by atoms with Crippen LogP contribution in [-0.4, -0.2) is 12.6 Å². The number of halogens is 2. The molecule has 1 rings (SSSR count). The van der Waals surface area contributed by atoms with Crippen LogP contribution in [0.2, 0.25) is 5.02 Å². The van der Waals surface area contributed by atoms with Crippen LogP contribution in [0.15, 0.2) is 18.2 Å². The maximum Gasteiger partial charge on any atom is 0.0426 e. The van der Waals surface area contributed by atoms with Gasteiger partial charge < -0.3 is 4.90 Å². The number of nitrogens with zero attached hydrogens (tertiary/aromatic N) is 1. The van der Waals surface area contributed by atoms with Crippen molar-refractivity contribution in [2.24, 2.45) is 0 Å². The van der Waals surface area contributed by atoms with Crippen LogP contribution in [0.5, 0.6) is 0 Å². The summed E-state index contributed by atoms with van der Waals surface area (Å²) in [7, 11) is 0. The van der Waals surface area contributed by atoms with Crippen LogP contribution < -0.4 is 4.90 Å². The molecule has 0 spiro atoms. The summed E-state index contributed by atoms with van der Waals surface area (Å²) in [5.74, 6) is 0. The van der Waals surface area contributed by atoms with Crippen LogP contribution in [0.4, 0.5) is 5.69 Å². The van der Waals surface area contributed by atoms with E-state index >= 15 is 0 Å². The predicted octanol–water partition coefficient (Wildman–Crippen LogP) is 5.64. The molecule has 3 heteroatoms. The quantitative estimate of drug-likeness (QED) is 0.584. The first-order valence-electron chi connectivity index (χ1n) is 6.75. The highest BCUT2D eigenvalue weighted by molar-refractivity contribution is 9.08. The van der Waals surface area contributed by atoms with Crippen LogP contribution in [0, 0.1) is 0 Å². The lowest BCUT2D eigenvalue weighted by Gasteiger charge is -2.32. The van der Waals surface area contributed by atoms with Crippen molar-refractivity contribution in [2.45, 2.75) is 51.4 Å². The Bertz CT molecular complexity index is 368. The highest BCUT2D eigenvalue weighted by atomic mass is 79.9. The summed E-state index contributed by atoms with van der Waals surface area (Å²) in [4.78, 5) is 2.49. The summed E-state index contributed by atoms with van der Waals surface area (Å²) in [5.41, 5.74) is 2.60. The van der Waals surface area contributed by atoms with Crippen molar-refractivity contribution >= 4 is 33.2 Å². The number of rotatable bonds is 7. The zero-order valence-electron chi connectivity index (χ0n) is 11.5. The number of hydrogen-bond acceptors (Lipinski definition) is 1. The molecule has 0 saturated heterocycles. The van der Waals surface area contributed by atoms with Crippen molar-refractivity contribution in [1.82, 2.24) is 0 Å². The minimum Gasteiger partial charge on any atom is -0.369 e. The SMILES string of the molecule is CCCCN(c1cc(Cl)ccc1CBr)C(C)CC. The highest BCUT2D eigenvalue weighted by Crippen LogP contribution is 2.29. The van der Waals surface area contributed by atoms with Gasteiger partial charge >= 0.3 is 0 Å². The maximum absolute atomic E-state index is 6.16. The molecule has 1 aromatic rings. The average Bonchev–Trinajstić information content (AvgIpc) is 2.39. The van der Waals surface area contributed by atoms with E-state index in [1.54, 1.807) is 0 Å². The Balaban J connectivity index is 3.05. The fourth-order valence-electron chi connectivity index (χ4n) is 2.04. The van der Waals surface area contributed by atoms with E-state index in [2.05, 4.69) is 53.7 Å².